The number of carbonyl (C=O) groups is 3. The predicted molar refractivity (Wildman–Crippen MR) is 66.4 cm³/mol. The van der Waals surface area contributed by atoms with E-state index in [9.17, 15) is 14.4 Å². The van der Waals surface area contributed by atoms with E-state index in [0.29, 0.717) is 11.3 Å². The summed E-state index contributed by atoms with van der Waals surface area (Å²) < 4.78 is 0. The smallest absolute Gasteiger partial charge is 0.251 e. The molecule has 18 heavy (non-hydrogen) atoms. The summed E-state index contributed by atoms with van der Waals surface area (Å²) in [6.07, 6.45) is 0.725. The fourth-order valence-corrected chi connectivity index (χ4v) is 2.00. The first-order chi connectivity index (χ1) is 8.46. The van der Waals surface area contributed by atoms with Gasteiger partial charge in [-0.2, -0.15) is 0 Å². The number of rotatable bonds is 2. The van der Waals surface area contributed by atoms with Gasteiger partial charge >= 0.3 is 0 Å². The lowest BCUT2D eigenvalue weighted by Gasteiger charge is -2.42. The molecule has 1 N–H and O–H groups in total. The van der Waals surface area contributed by atoms with Crippen LogP contribution in [0.2, 0.25) is 0 Å². The van der Waals surface area contributed by atoms with Crippen LogP contribution in [-0.2, 0) is 9.59 Å². The Morgan fingerprint density at radius 3 is 2.61 bits per heavy atom. The van der Waals surface area contributed by atoms with E-state index in [-0.39, 0.29) is 18.4 Å². The number of imide groups is 1. The van der Waals surface area contributed by atoms with Gasteiger partial charge in [0.05, 0.1) is 6.54 Å². The van der Waals surface area contributed by atoms with Crippen LogP contribution in [0, 0.1) is 0 Å². The lowest BCUT2D eigenvalue weighted by atomic mass is 9.96. The minimum Gasteiger partial charge on any atom is -0.347 e. The van der Waals surface area contributed by atoms with Gasteiger partial charge in [-0.15, -0.1) is 0 Å². The number of amides is 2. The van der Waals surface area contributed by atoms with Crippen molar-refractivity contribution in [3.8, 4) is 0 Å². The van der Waals surface area contributed by atoms with Gasteiger partial charge in [0.25, 0.3) is 5.91 Å². The molecule has 1 aromatic carbocycles. The maximum atomic E-state index is 11.8. The Morgan fingerprint density at radius 2 is 1.94 bits per heavy atom. The van der Waals surface area contributed by atoms with Gasteiger partial charge < -0.3 is 4.90 Å². The highest BCUT2D eigenvalue weighted by atomic mass is 16.2. The summed E-state index contributed by atoms with van der Waals surface area (Å²) in [5.41, 5.74) is 0.196. The summed E-state index contributed by atoms with van der Waals surface area (Å²) in [6.45, 7) is 3.50. The number of hydrogen-bond donors (Lipinski definition) is 1. The minimum atomic E-state index is -0.868. The van der Waals surface area contributed by atoms with Gasteiger partial charge in [0.1, 0.15) is 5.54 Å². The molecule has 0 spiro atoms. The fourth-order valence-electron chi connectivity index (χ4n) is 2.00. The van der Waals surface area contributed by atoms with Gasteiger partial charge in [0, 0.05) is 11.3 Å². The number of carbonyl (C=O) groups excluding carboxylic acids is 3. The van der Waals surface area contributed by atoms with Crippen LogP contribution in [0.15, 0.2) is 24.3 Å². The van der Waals surface area contributed by atoms with E-state index in [1.807, 2.05) is 0 Å². The van der Waals surface area contributed by atoms with Crippen molar-refractivity contribution in [1.82, 2.24) is 5.32 Å². The molecule has 1 aliphatic heterocycles. The molecular formula is C13H14N2O3. The minimum absolute atomic E-state index is 0.0591. The van der Waals surface area contributed by atoms with Crippen LogP contribution >= 0.6 is 0 Å². The van der Waals surface area contributed by atoms with Gasteiger partial charge in [-0.1, -0.05) is 12.1 Å². The quantitative estimate of drug-likeness (QED) is 0.617. The highest BCUT2D eigenvalue weighted by Crippen LogP contribution is 2.28. The van der Waals surface area contributed by atoms with E-state index in [1.54, 1.807) is 43.0 Å². The number of nitrogens with zero attached hydrogens (tertiary/aromatic N) is 1. The molecule has 0 atom stereocenters. The summed E-state index contributed by atoms with van der Waals surface area (Å²) in [5.74, 6) is -0.723. The molecule has 0 unspecified atom stereocenters. The zero-order chi connectivity index (χ0) is 13.3. The maximum absolute atomic E-state index is 11.8. The van der Waals surface area contributed by atoms with Crippen molar-refractivity contribution in [3.05, 3.63) is 29.8 Å². The van der Waals surface area contributed by atoms with Crippen LogP contribution in [0.4, 0.5) is 5.69 Å². The van der Waals surface area contributed by atoms with Crippen LogP contribution in [0.5, 0.6) is 0 Å². The molecule has 0 radical (unpaired) electrons. The molecule has 94 valence electrons. The number of aldehydes is 1. The highest BCUT2D eigenvalue weighted by molar-refractivity contribution is 6.07. The Morgan fingerprint density at radius 1 is 1.28 bits per heavy atom. The van der Waals surface area contributed by atoms with Gasteiger partial charge in [-0.3, -0.25) is 19.7 Å². The lowest BCUT2D eigenvalue weighted by Crippen LogP contribution is -2.64. The van der Waals surface area contributed by atoms with Crippen LogP contribution in [0.1, 0.15) is 24.2 Å². The predicted octanol–water partition coefficient (Wildman–Crippen LogP) is 0.740. The summed E-state index contributed by atoms with van der Waals surface area (Å²) >= 11 is 0. The van der Waals surface area contributed by atoms with E-state index >= 15 is 0 Å². The molecule has 5 nitrogen and oxygen atoms in total. The first-order valence-corrected chi connectivity index (χ1v) is 5.63. The number of para-hydroxylation sites is 1. The SMILES string of the molecule is CC1(C)C(=O)NC(=O)CN1c1ccccc1C=O. The van der Waals surface area contributed by atoms with Crippen molar-refractivity contribution in [2.45, 2.75) is 19.4 Å². The van der Waals surface area contributed by atoms with Crippen molar-refractivity contribution < 1.29 is 14.4 Å². The first-order valence-electron chi connectivity index (χ1n) is 5.63. The van der Waals surface area contributed by atoms with Crippen molar-refractivity contribution in [2.75, 3.05) is 11.4 Å². The fraction of sp³-hybridized carbons (Fsp3) is 0.308. The highest BCUT2D eigenvalue weighted by Gasteiger charge is 2.41. The first kappa shape index (κ1) is 12.3. The number of hydrogen-bond acceptors (Lipinski definition) is 4. The summed E-state index contributed by atoms with van der Waals surface area (Å²) in [6, 6.07) is 6.91. The van der Waals surface area contributed by atoms with Gasteiger partial charge in [0.15, 0.2) is 6.29 Å². The largest absolute Gasteiger partial charge is 0.347 e. The second-order valence-corrected chi connectivity index (χ2v) is 4.70. The van der Waals surface area contributed by atoms with Gasteiger partial charge in [-0.05, 0) is 26.0 Å². The average molecular weight is 246 g/mol. The second-order valence-electron chi connectivity index (χ2n) is 4.70. The van der Waals surface area contributed by atoms with E-state index in [1.165, 1.54) is 0 Å². The normalized spacial score (nSPS) is 18.4. The molecular weight excluding hydrogens is 232 g/mol. The Bertz CT molecular complexity index is 523. The Kier molecular flexibility index (Phi) is 2.90. The molecule has 1 heterocycles. The third kappa shape index (κ3) is 1.88. The Labute approximate surface area is 105 Å². The average Bonchev–Trinajstić information content (AvgIpc) is 2.34. The Balaban J connectivity index is 2.50. The lowest BCUT2D eigenvalue weighted by molar-refractivity contribution is -0.135. The van der Waals surface area contributed by atoms with Crippen molar-refractivity contribution in [2.24, 2.45) is 0 Å². The Hall–Kier alpha value is -2.17. The zero-order valence-corrected chi connectivity index (χ0v) is 10.3. The van der Waals surface area contributed by atoms with Crippen LogP contribution < -0.4 is 10.2 Å². The summed E-state index contributed by atoms with van der Waals surface area (Å²) in [7, 11) is 0. The van der Waals surface area contributed by atoms with Crippen LogP contribution in [0.3, 0.4) is 0 Å². The van der Waals surface area contributed by atoms with Crippen molar-refractivity contribution >= 4 is 23.8 Å². The summed E-state index contributed by atoms with van der Waals surface area (Å²) in [5, 5.41) is 2.30. The molecule has 0 bridgehead atoms. The van der Waals surface area contributed by atoms with Crippen LogP contribution in [-0.4, -0.2) is 30.2 Å². The number of benzene rings is 1. The van der Waals surface area contributed by atoms with Crippen molar-refractivity contribution in [1.29, 1.82) is 0 Å². The maximum Gasteiger partial charge on any atom is 0.251 e. The van der Waals surface area contributed by atoms with Gasteiger partial charge in [0.2, 0.25) is 5.91 Å². The van der Waals surface area contributed by atoms with E-state index in [0.717, 1.165) is 6.29 Å². The molecule has 5 heteroatoms. The number of anilines is 1. The molecule has 0 aromatic heterocycles. The summed E-state index contributed by atoms with van der Waals surface area (Å²) in [4.78, 5) is 36.0. The second kappa shape index (κ2) is 4.25. The van der Waals surface area contributed by atoms with E-state index in [4.69, 9.17) is 0 Å². The third-order valence-electron chi connectivity index (χ3n) is 3.14. The molecule has 0 saturated carbocycles. The molecule has 2 amide bonds. The van der Waals surface area contributed by atoms with E-state index in [2.05, 4.69) is 5.32 Å². The topological polar surface area (TPSA) is 66.5 Å². The zero-order valence-electron chi connectivity index (χ0n) is 10.3. The molecule has 1 saturated heterocycles. The molecule has 2 rings (SSSR count). The number of piperazine rings is 1. The molecule has 1 aromatic rings. The van der Waals surface area contributed by atoms with Crippen LogP contribution in [0.25, 0.3) is 0 Å². The van der Waals surface area contributed by atoms with Gasteiger partial charge in [-0.25, -0.2) is 0 Å². The molecule has 0 aliphatic carbocycles. The molecule has 1 aliphatic rings. The standard InChI is InChI=1S/C13H14N2O3/c1-13(2)12(18)14-11(17)7-15(13)10-6-4-3-5-9(10)8-16/h3-6,8H,7H2,1-2H3,(H,14,17,18). The monoisotopic (exact) mass is 246 g/mol. The van der Waals surface area contributed by atoms with Crippen molar-refractivity contribution in [3.63, 3.8) is 0 Å². The molecule has 1 fully saturated rings. The third-order valence-corrected chi connectivity index (χ3v) is 3.14. The number of nitrogens with one attached hydrogen (secondary N) is 1. The van der Waals surface area contributed by atoms with E-state index < -0.39 is 5.54 Å².